The van der Waals surface area contributed by atoms with E-state index in [4.69, 9.17) is 4.74 Å². The lowest BCUT2D eigenvalue weighted by Gasteiger charge is -2.08. The Morgan fingerprint density at radius 3 is 2.67 bits per heavy atom. The average Bonchev–Trinajstić information content (AvgIpc) is 2.69. The van der Waals surface area contributed by atoms with Gasteiger partial charge in [-0.2, -0.15) is 0 Å². The standard InChI is InChI=1S/C15H15NO2/c1-15(2)9-18-14(16-15)13-11-6-4-3-5-10(11)7-8-12(13)17/h3-8,17H,9H2,1-2H3. The van der Waals surface area contributed by atoms with E-state index in [1.807, 2.05) is 44.2 Å². The van der Waals surface area contributed by atoms with Gasteiger partial charge in [-0.25, -0.2) is 4.99 Å². The van der Waals surface area contributed by atoms with E-state index in [0.29, 0.717) is 18.1 Å². The van der Waals surface area contributed by atoms with E-state index in [9.17, 15) is 5.11 Å². The second-order valence-electron chi connectivity index (χ2n) is 5.20. The zero-order valence-corrected chi connectivity index (χ0v) is 10.5. The third kappa shape index (κ3) is 1.72. The molecule has 0 saturated heterocycles. The number of hydrogen-bond acceptors (Lipinski definition) is 3. The summed E-state index contributed by atoms with van der Waals surface area (Å²) in [7, 11) is 0. The van der Waals surface area contributed by atoms with Crippen LogP contribution in [-0.2, 0) is 4.74 Å². The highest BCUT2D eigenvalue weighted by atomic mass is 16.5. The second-order valence-corrected chi connectivity index (χ2v) is 5.20. The van der Waals surface area contributed by atoms with Gasteiger partial charge in [0.05, 0.1) is 11.1 Å². The van der Waals surface area contributed by atoms with Gasteiger partial charge >= 0.3 is 0 Å². The van der Waals surface area contributed by atoms with Crippen LogP contribution in [0.5, 0.6) is 5.75 Å². The van der Waals surface area contributed by atoms with E-state index >= 15 is 0 Å². The minimum Gasteiger partial charge on any atom is -0.507 e. The number of aromatic hydroxyl groups is 1. The molecule has 0 fully saturated rings. The monoisotopic (exact) mass is 241 g/mol. The van der Waals surface area contributed by atoms with Crippen molar-refractivity contribution in [1.29, 1.82) is 0 Å². The molecule has 3 nitrogen and oxygen atoms in total. The van der Waals surface area contributed by atoms with Crippen molar-refractivity contribution >= 4 is 16.7 Å². The normalized spacial score (nSPS) is 17.6. The van der Waals surface area contributed by atoms with E-state index in [-0.39, 0.29) is 11.3 Å². The molecule has 0 atom stereocenters. The Morgan fingerprint density at radius 1 is 1.17 bits per heavy atom. The van der Waals surface area contributed by atoms with Crippen LogP contribution in [0.25, 0.3) is 10.8 Å². The summed E-state index contributed by atoms with van der Waals surface area (Å²) in [5.41, 5.74) is 0.470. The third-order valence-electron chi connectivity index (χ3n) is 3.09. The van der Waals surface area contributed by atoms with Gasteiger partial charge in [0.2, 0.25) is 5.90 Å². The predicted octanol–water partition coefficient (Wildman–Crippen LogP) is 3.10. The molecule has 1 aliphatic rings. The number of phenolic OH excluding ortho intramolecular Hbond substituents is 1. The van der Waals surface area contributed by atoms with Gasteiger partial charge < -0.3 is 9.84 Å². The number of ether oxygens (including phenoxy) is 1. The molecule has 1 aliphatic heterocycles. The average molecular weight is 241 g/mol. The van der Waals surface area contributed by atoms with Gasteiger partial charge in [-0.15, -0.1) is 0 Å². The summed E-state index contributed by atoms with van der Waals surface area (Å²) in [4.78, 5) is 4.54. The molecule has 0 aromatic heterocycles. The fourth-order valence-corrected chi connectivity index (χ4v) is 2.20. The lowest BCUT2D eigenvalue weighted by atomic mass is 10.0. The Labute approximate surface area is 106 Å². The lowest BCUT2D eigenvalue weighted by molar-refractivity contribution is 0.279. The Bertz CT molecular complexity index is 644. The fourth-order valence-electron chi connectivity index (χ4n) is 2.20. The molecule has 1 N–H and O–H groups in total. The summed E-state index contributed by atoms with van der Waals surface area (Å²) >= 11 is 0. The molecule has 0 aliphatic carbocycles. The van der Waals surface area contributed by atoms with Crippen LogP contribution >= 0.6 is 0 Å². The topological polar surface area (TPSA) is 41.8 Å². The van der Waals surface area contributed by atoms with Crippen LogP contribution in [0, 0.1) is 0 Å². The summed E-state index contributed by atoms with van der Waals surface area (Å²) in [6, 6.07) is 11.5. The molecule has 92 valence electrons. The maximum Gasteiger partial charge on any atom is 0.221 e. The van der Waals surface area contributed by atoms with Crippen LogP contribution in [0.1, 0.15) is 19.4 Å². The summed E-state index contributed by atoms with van der Waals surface area (Å²) in [6.45, 7) is 4.58. The first-order valence-electron chi connectivity index (χ1n) is 6.01. The van der Waals surface area contributed by atoms with Crippen molar-refractivity contribution in [3.05, 3.63) is 42.0 Å². The van der Waals surface area contributed by atoms with Crippen molar-refractivity contribution in [2.24, 2.45) is 4.99 Å². The van der Waals surface area contributed by atoms with Crippen molar-refractivity contribution in [1.82, 2.24) is 0 Å². The van der Waals surface area contributed by atoms with Crippen LogP contribution in [0.2, 0.25) is 0 Å². The van der Waals surface area contributed by atoms with Gasteiger partial charge in [0.25, 0.3) is 0 Å². The molecule has 3 heteroatoms. The minimum atomic E-state index is -0.223. The van der Waals surface area contributed by atoms with Gasteiger partial charge in [0.1, 0.15) is 12.4 Å². The van der Waals surface area contributed by atoms with E-state index in [0.717, 1.165) is 10.8 Å². The Kier molecular flexibility index (Phi) is 2.30. The van der Waals surface area contributed by atoms with E-state index in [1.54, 1.807) is 6.07 Å². The maximum absolute atomic E-state index is 10.1. The van der Waals surface area contributed by atoms with Crippen molar-refractivity contribution in [2.45, 2.75) is 19.4 Å². The Hall–Kier alpha value is -2.03. The van der Waals surface area contributed by atoms with Gasteiger partial charge in [-0.3, -0.25) is 0 Å². The Balaban J connectivity index is 2.26. The second kappa shape index (κ2) is 3.73. The number of benzene rings is 2. The molecule has 0 amide bonds. The highest BCUT2D eigenvalue weighted by molar-refractivity contribution is 6.10. The largest absolute Gasteiger partial charge is 0.507 e. The molecule has 0 unspecified atom stereocenters. The third-order valence-corrected chi connectivity index (χ3v) is 3.09. The summed E-state index contributed by atoms with van der Waals surface area (Å²) in [6.07, 6.45) is 0. The smallest absolute Gasteiger partial charge is 0.221 e. The van der Waals surface area contributed by atoms with Crippen LogP contribution in [0.3, 0.4) is 0 Å². The number of aliphatic imine (C=N–C) groups is 1. The number of hydrogen-bond donors (Lipinski definition) is 1. The molecular formula is C15H15NO2. The van der Waals surface area contributed by atoms with E-state index in [2.05, 4.69) is 4.99 Å². The molecule has 0 radical (unpaired) electrons. The van der Waals surface area contributed by atoms with Gasteiger partial charge in [-0.05, 0) is 30.7 Å². The first kappa shape index (κ1) is 11.1. The van der Waals surface area contributed by atoms with Gasteiger partial charge in [0.15, 0.2) is 0 Å². The zero-order chi connectivity index (χ0) is 12.8. The molecule has 0 spiro atoms. The minimum absolute atomic E-state index is 0.213. The zero-order valence-electron chi connectivity index (χ0n) is 10.5. The molecule has 0 bridgehead atoms. The van der Waals surface area contributed by atoms with Crippen LogP contribution in [0.4, 0.5) is 0 Å². The summed E-state index contributed by atoms with van der Waals surface area (Å²) in [5.74, 6) is 0.749. The summed E-state index contributed by atoms with van der Waals surface area (Å²) in [5, 5.41) is 12.1. The summed E-state index contributed by atoms with van der Waals surface area (Å²) < 4.78 is 5.63. The van der Waals surface area contributed by atoms with Gasteiger partial charge in [-0.1, -0.05) is 30.3 Å². The van der Waals surface area contributed by atoms with Crippen LogP contribution < -0.4 is 0 Å². The number of fused-ring (bicyclic) bond motifs is 1. The van der Waals surface area contributed by atoms with Crippen molar-refractivity contribution < 1.29 is 9.84 Å². The molecule has 2 aromatic rings. The molecule has 0 saturated carbocycles. The number of nitrogens with zero attached hydrogens (tertiary/aromatic N) is 1. The van der Waals surface area contributed by atoms with Crippen molar-refractivity contribution in [3.63, 3.8) is 0 Å². The first-order chi connectivity index (χ1) is 8.57. The first-order valence-corrected chi connectivity index (χ1v) is 6.01. The molecular weight excluding hydrogens is 226 g/mol. The quantitative estimate of drug-likeness (QED) is 0.833. The predicted molar refractivity (Wildman–Crippen MR) is 72.2 cm³/mol. The van der Waals surface area contributed by atoms with Gasteiger partial charge in [0, 0.05) is 0 Å². The number of phenols is 1. The maximum atomic E-state index is 10.1. The highest BCUT2D eigenvalue weighted by Crippen LogP contribution is 2.31. The lowest BCUT2D eigenvalue weighted by Crippen LogP contribution is -2.17. The highest BCUT2D eigenvalue weighted by Gasteiger charge is 2.29. The van der Waals surface area contributed by atoms with Crippen molar-refractivity contribution in [3.8, 4) is 5.75 Å². The fraction of sp³-hybridized carbons (Fsp3) is 0.267. The van der Waals surface area contributed by atoms with E-state index in [1.165, 1.54) is 0 Å². The van der Waals surface area contributed by atoms with Crippen LogP contribution in [0.15, 0.2) is 41.4 Å². The van der Waals surface area contributed by atoms with Crippen molar-refractivity contribution in [2.75, 3.05) is 6.61 Å². The number of rotatable bonds is 1. The molecule has 3 rings (SSSR count). The van der Waals surface area contributed by atoms with Crippen LogP contribution in [-0.4, -0.2) is 23.2 Å². The molecule has 1 heterocycles. The SMILES string of the molecule is CC1(C)COC(c2c(O)ccc3ccccc23)=N1. The van der Waals surface area contributed by atoms with E-state index < -0.39 is 0 Å². The molecule has 2 aromatic carbocycles. The Morgan fingerprint density at radius 2 is 1.94 bits per heavy atom. The molecule has 18 heavy (non-hydrogen) atoms.